The summed E-state index contributed by atoms with van der Waals surface area (Å²) < 4.78 is 6.95. The van der Waals surface area contributed by atoms with Crippen LogP contribution >= 0.6 is 11.3 Å². The number of nitrogens with zero attached hydrogens (tertiary/aromatic N) is 4. The molecular formula is C22H22N4O2S. The Hall–Kier alpha value is -2.77. The predicted octanol–water partition coefficient (Wildman–Crippen LogP) is 3.71. The van der Waals surface area contributed by atoms with Crippen molar-refractivity contribution in [1.82, 2.24) is 19.8 Å². The quantitative estimate of drug-likeness (QED) is 0.506. The summed E-state index contributed by atoms with van der Waals surface area (Å²) in [6.45, 7) is 4.13. The van der Waals surface area contributed by atoms with Gasteiger partial charge in [-0.2, -0.15) is 0 Å². The van der Waals surface area contributed by atoms with Gasteiger partial charge in [-0.25, -0.2) is 9.97 Å². The highest BCUT2D eigenvalue weighted by Crippen LogP contribution is 2.23. The van der Waals surface area contributed by atoms with Gasteiger partial charge >= 0.3 is 0 Å². The maximum absolute atomic E-state index is 12.6. The Morgan fingerprint density at radius 1 is 0.966 bits per heavy atom. The van der Waals surface area contributed by atoms with Gasteiger partial charge in [0.25, 0.3) is 0 Å². The molecule has 0 saturated carbocycles. The minimum atomic E-state index is 0.173. The topological polar surface area (TPSA) is 62.5 Å². The summed E-state index contributed by atoms with van der Waals surface area (Å²) in [7, 11) is 0. The van der Waals surface area contributed by atoms with Crippen LogP contribution in [-0.2, 0) is 17.8 Å². The number of rotatable bonds is 5. The number of oxazole rings is 1. The lowest BCUT2D eigenvalue weighted by Crippen LogP contribution is -2.48. The van der Waals surface area contributed by atoms with Crippen LogP contribution in [0, 0.1) is 0 Å². The molecule has 1 fully saturated rings. The maximum atomic E-state index is 12.6. The van der Waals surface area contributed by atoms with E-state index in [1.807, 2.05) is 35.2 Å². The van der Waals surface area contributed by atoms with Gasteiger partial charge in [-0.05, 0) is 24.3 Å². The molecule has 0 radical (unpaired) electrons. The molecule has 0 N–H and O–H groups in total. The van der Waals surface area contributed by atoms with Crippen molar-refractivity contribution in [2.75, 3.05) is 26.2 Å². The minimum absolute atomic E-state index is 0.173. The molecule has 1 aliphatic heterocycles. The Balaban J connectivity index is 1.12. The molecule has 3 heterocycles. The third-order valence-electron chi connectivity index (χ3n) is 5.31. The number of hydrogen-bond acceptors (Lipinski definition) is 6. The fourth-order valence-electron chi connectivity index (χ4n) is 3.73. The zero-order valence-electron chi connectivity index (χ0n) is 16.1. The fraction of sp³-hybridized carbons (Fsp3) is 0.318. The van der Waals surface area contributed by atoms with E-state index in [2.05, 4.69) is 28.1 Å². The van der Waals surface area contributed by atoms with Gasteiger partial charge in [0.1, 0.15) is 10.5 Å². The molecule has 2 aromatic heterocycles. The lowest BCUT2D eigenvalue weighted by Gasteiger charge is -2.34. The van der Waals surface area contributed by atoms with Gasteiger partial charge in [-0.1, -0.05) is 24.3 Å². The number of amides is 1. The summed E-state index contributed by atoms with van der Waals surface area (Å²) in [5, 5.41) is 1.14. The van der Waals surface area contributed by atoms with Gasteiger partial charge < -0.3 is 9.32 Å². The number of benzene rings is 2. The monoisotopic (exact) mass is 406 g/mol. The highest BCUT2D eigenvalue weighted by molar-refractivity contribution is 7.18. The number of para-hydroxylation sites is 3. The summed E-state index contributed by atoms with van der Waals surface area (Å²) in [4.78, 5) is 26.1. The molecule has 0 unspecified atom stereocenters. The second kappa shape index (κ2) is 7.93. The molecule has 5 rings (SSSR count). The van der Waals surface area contributed by atoms with Crippen molar-refractivity contribution < 1.29 is 9.21 Å². The molecule has 7 heteroatoms. The van der Waals surface area contributed by atoms with E-state index in [0.29, 0.717) is 18.7 Å². The number of aromatic nitrogens is 2. The van der Waals surface area contributed by atoms with Crippen LogP contribution in [0.2, 0.25) is 0 Å². The van der Waals surface area contributed by atoms with Gasteiger partial charge in [0, 0.05) is 39.0 Å². The van der Waals surface area contributed by atoms with Gasteiger partial charge in [0.15, 0.2) is 11.5 Å². The zero-order valence-corrected chi connectivity index (χ0v) is 16.9. The Kier molecular flexibility index (Phi) is 4.99. The molecule has 1 aliphatic rings. The van der Waals surface area contributed by atoms with E-state index in [1.165, 1.54) is 4.70 Å². The number of carbonyl (C=O) groups is 1. The van der Waals surface area contributed by atoms with Crippen molar-refractivity contribution in [3.05, 3.63) is 59.4 Å². The lowest BCUT2D eigenvalue weighted by molar-refractivity contribution is -0.133. The molecule has 0 spiro atoms. The summed E-state index contributed by atoms with van der Waals surface area (Å²) in [5.74, 6) is 0.806. The zero-order chi connectivity index (χ0) is 19.6. The van der Waals surface area contributed by atoms with Gasteiger partial charge in [-0.15, -0.1) is 11.3 Å². The second-order valence-electron chi connectivity index (χ2n) is 7.31. The highest BCUT2D eigenvalue weighted by atomic mass is 32.1. The second-order valence-corrected chi connectivity index (χ2v) is 8.42. The molecule has 2 aromatic carbocycles. The minimum Gasteiger partial charge on any atom is -0.441 e. The average molecular weight is 407 g/mol. The van der Waals surface area contributed by atoms with E-state index in [0.717, 1.165) is 54.3 Å². The molecule has 0 aliphatic carbocycles. The number of fused-ring (bicyclic) bond motifs is 2. The molecule has 0 bridgehead atoms. The molecule has 0 atom stereocenters. The van der Waals surface area contributed by atoms with Crippen LogP contribution in [0.25, 0.3) is 21.3 Å². The first-order valence-electron chi connectivity index (χ1n) is 9.94. The Labute approximate surface area is 172 Å². The van der Waals surface area contributed by atoms with E-state index in [1.54, 1.807) is 11.3 Å². The Morgan fingerprint density at radius 2 is 1.72 bits per heavy atom. The average Bonchev–Trinajstić information content (AvgIpc) is 3.35. The van der Waals surface area contributed by atoms with Crippen molar-refractivity contribution in [2.24, 2.45) is 0 Å². The van der Waals surface area contributed by atoms with Crippen LogP contribution in [0.15, 0.2) is 52.9 Å². The maximum Gasteiger partial charge on any atom is 0.223 e. The van der Waals surface area contributed by atoms with Crippen LogP contribution in [0.4, 0.5) is 0 Å². The van der Waals surface area contributed by atoms with Crippen molar-refractivity contribution in [3.63, 3.8) is 0 Å². The molecule has 29 heavy (non-hydrogen) atoms. The van der Waals surface area contributed by atoms with Crippen molar-refractivity contribution >= 4 is 38.6 Å². The molecular weight excluding hydrogens is 384 g/mol. The van der Waals surface area contributed by atoms with Gasteiger partial charge in [-0.3, -0.25) is 9.69 Å². The first kappa shape index (κ1) is 18.3. The van der Waals surface area contributed by atoms with Crippen LogP contribution in [0.1, 0.15) is 17.3 Å². The largest absolute Gasteiger partial charge is 0.441 e. The van der Waals surface area contributed by atoms with Gasteiger partial charge in [0.2, 0.25) is 5.91 Å². The summed E-state index contributed by atoms with van der Waals surface area (Å²) >= 11 is 1.75. The third kappa shape index (κ3) is 4.02. The number of thiazole rings is 1. The summed E-state index contributed by atoms with van der Waals surface area (Å²) in [6.07, 6.45) is 0.976. The predicted molar refractivity (Wildman–Crippen MR) is 114 cm³/mol. The van der Waals surface area contributed by atoms with Crippen LogP contribution in [0.3, 0.4) is 0 Å². The first-order valence-corrected chi connectivity index (χ1v) is 10.8. The summed E-state index contributed by atoms with van der Waals surface area (Å²) in [6, 6.07) is 15.9. The van der Waals surface area contributed by atoms with E-state index >= 15 is 0 Å². The number of piperazine rings is 1. The molecule has 1 amide bonds. The summed E-state index contributed by atoms with van der Waals surface area (Å²) in [5.41, 5.74) is 2.69. The van der Waals surface area contributed by atoms with Crippen molar-refractivity contribution in [1.29, 1.82) is 0 Å². The Bertz CT molecular complexity index is 1080. The highest BCUT2D eigenvalue weighted by Gasteiger charge is 2.22. The first-order chi connectivity index (χ1) is 14.2. The van der Waals surface area contributed by atoms with Crippen molar-refractivity contribution in [2.45, 2.75) is 19.4 Å². The van der Waals surface area contributed by atoms with E-state index in [4.69, 9.17) is 9.40 Å². The smallest absolute Gasteiger partial charge is 0.223 e. The van der Waals surface area contributed by atoms with Crippen LogP contribution in [0.5, 0.6) is 0 Å². The van der Waals surface area contributed by atoms with E-state index in [9.17, 15) is 4.79 Å². The SMILES string of the molecule is O=C(CCc1nc2ccccc2o1)N1CCN(Cc2nc3ccccc3s2)CC1. The molecule has 148 valence electrons. The van der Waals surface area contributed by atoms with Gasteiger partial charge in [0.05, 0.1) is 16.8 Å². The standard InChI is InChI=1S/C22H22N4O2S/c27-22(10-9-20-23-16-5-1-3-7-18(16)28-20)26-13-11-25(12-14-26)15-21-24-17-6-2-4-8-19(17)29-21/h1-8H,9-15H2. The van der Waals surface area contributed by atoms with E-state index < -0.39 is 0 Å². The lowest BCUT2D eigenvalue weighted by atomic mass is 10.2. The number of hydrogen-bond donors (Lipinski definition) is 0. The van der Waals surface area contributed by atoms with Crippen LogP contribution < -0.4 is 0 Å². The van der Waals surface area contributed by atoms with E-state index in [-0.39, 0.29) is 5.91 Å². The Morgan fingerprint density at radius 3 is 2.52 bits per heavy atom. The number of carbonyl (C=O) groups excluding carboxylic acids is 1. The molecule has 6 nitrogen and oxygen atoms in total. The molecule has 1 saturated heterocycles. The van der Waals surface area contributed by atoms with Crippen LogP contribution in [-0.4, -0.2) is 51.9 Å². The van der Waals surface area contributed by atoms with Crippen molar-refractivity contribution in [3.8, 4) is 0 Å². The fourth-order valence-corrected chi connectivity index (χ4v) is 4.74. The third-order valence-corrected chi connectivity index (χ3v) is 6.33. The number of aryl methyl sites for hydroxylation is 1. The molecule has 4 aromatic rings. The normalized spacial score (nSPS) is 15.4.